The predicted molar refractivity (Wildman–Crippen MR) is 172 cm³/mol. The Bertz CT molecular complexity index is 1440. The molecule has 0 spiro atoms. The van der Waals surface area contributed by atoms with Gasteiger partial charge in [-0.05, 0) is 61.3 Å². The number of hydroxylamine groups is 1. The number of aryl methyl sites for hydroxylation is 3. The summed E-state index contributed by atoms with van der Waals surface area (Å²) < 4.78 is 0. The lowest BCUT2D eigenvalue weighted by Gasteiger charge is -2.22. The van der Waals surface area contributed by atoms with Gasteiger partial charge in [0.2, 0.25) is 11.8 Å². The van der Waals surface area contributed by atoms with E-state index in [4.69, 9.17) is 4.84 Å². The van der Waals surface area contributed by atoms with Crippen molar-refractivity contribution in [2.75, 3.05) is 6.54 Å². The summed E-state index contributed by atoms with van der Waals surface area (Å²) in [6, 6.07) is 36.4. The molecule has 4 rings (SSSR count). The van der Waals surface area contributed by atoms with E-state index in [1.165, 1.54) is 5.56 Å². The van der Waals surface area contributed by atoms with Crippen LogP contribution in [0.25, 0.3) is 0 Å². The molecule has 0 aliphatic carbocycles. The summed E-state index contributed by atoms with van der Waals surface area (Å²) in [7, 11) is 0. The van der Waals surface area contributed by atoms with Gasteiger partial charge >= 0.3 is 0 Å². The van der Waals surface area contributed by atoms with Crippen LogP contribution in [0.15, 0.2) is 115 Å². The van der Waals surface area contributed by atoms with Gasteiger partial charge in [-0.25, -0.2) is 5.48 Å². The van der Waals surface area contributed by atoms with Gasteiger partial charge in [0.1, 0.15) is 12.0 Å². The van der Waals surface area contributed by atoms with Gasteiger partial charge in [-0.3, -0.25) is 19.2 Å². The van der Waals surface area contributed by atoms with E-state index in [-0.39, 0.29) is 18.9 Å². The van der Waals surface area contributed by atoms with Crippen molar-refractivity contribution in [3.8, 4) is 0 Å². The van der Waals surface area contributed by atoms with Crippen molar-refractivity contribution in [1.82, 2.24) is 16.1 Å². The molecule has 4 aromatic carbocycles. The minimum atomic E-state index is -1.05. The van der Waals surface area contributed by atoms with Gasteiger partial charge < -0.3 is 10.6 Å². The minimum absolute atomic E-state index is 0.169. The van der Waals surface area contributed by atoms with E-state index in [1.54, 1.807) is 0 Å². The van der Waals surface area contributed by atoms with E-state index in [9.17, 15) is 14.4 Å². The molecule has 1 unspecified atom stereocenters. The fourth-order valence-electron chi connectivity index (χ4n) is 4.88. The second-order valence-electron chi connectivity index (χ2n) is 10.9. The summed E-state index contributed by atoms with van der Waals surface area (Å²) in [6.45, 7) is 2.64. The highest BCUT2D eigenvalue weighted by Crippen LogP contribution is 2.14. The Morgan fingerprint density at radius 3 is 1.70 bits per heavy atom. The van der Waals surface area contributed by atoms with E-state index in [0.717, 1.165) is 22.3 Å². The van der Waals surface area contributed by atoms with Crippen molar-refractivity contribution >= 4 is 17.7 Å². The molecule has 3 N–H and O–H groups in total. The van der Waals surface area contributed by atoms with Crippen LogP contribution in [-0.2, 0) is 45.1 Å². The highest BCUT2D eigenvalue weighted by atomic mass is 16.6. The maximum Gasteiger partial charge on any atom is 0.256 e. The van der Waals surface area contributed by atoms with Crippen LogP contribution in [-0.4, -0.2) is 30.3 Å². The number of hydrogen-bond donors (Lipinski definition) is 3. The summed E-state index contributed by atoms with van der Waals surface area (Å²) in [5.74, 6) is -2.38. The standard InChI is InChI=1S/C37H41N3O4/c1-28-17-19-31(20-18-28)25-26-38-37(43)34(24-22-30-13-7-3-8-14-30)39-35(41)33(23-21-29-11-5-2-6-12-29)36(42)40-44-27-32-15-9-4-10-16-32/h2-20,33-34H,21-27H2,1H3,(H,38,43)(H,39,41)(H,40,42)/t33?,34-/m0/s1. The first-order chi connectivity index (χ1) is 21.5. The fraction of sp³-hybridized carbons (Fsp3) is 0.270. The van der Waals surface area contributed by atoms with E-state index in [0.29, 0.717) is 32.2 Å². The Balaban J connectivity index is 1.42. The van der Waals surface area contributed by atoms with Gasteiger partial charge in [-0.1, -0.05) is 121 Å². The highest BCUT2D eigenvalue weighted by molar-refractivity contribution is 6.01. The first-order valence-electron chi connectivity index (χ1n) is 15.1. The molecule has 0 aliphatic heterocycles. The molecule has 228 valence electrons. The number of rotatable bonds is 16. The average Bonchev–Trinajstić information content (AvgIpc) is 3.05. The SMILES string of the molecule is Cc1ccc(CCNC(=O)[C@H](CCc2ccccc2)NC(=O)C(CCc2ccccc2)C(=O)NOCc2ccccc2)cc1. The maximum absolute atomic E-state index is 13.7. The van der Waals surface area contributed by atoms with Crippen LogP contribution in [0, 0.1) is 12.8 Å². The molecule has 0 radical (unpaired) electrons. The Morgan fingerprint density at radius 1 is 0.591 bits per heavy atom. The van der Waals surface area contributed by atoms with Crippen LogP contribution < -0.4 is 16.1 Å². The van der Waals surface area contributed by atoms with Crippen molar-refractivity contribution in [3.63, 3.8) is 0 Å². The molecule has 44 heavy (non-hydrogen) atoms. The summed E-state index contributed by atoms with van der Waals surface area (Å²) >= 11 is 0. The average molecular weight is 592 g/mol. The predicted octanol–water partition coefficient (Wildman–Crippen LogP) is 5.27. The Kier molecular flexibility index (Phi) is 12.7. The molecule has 0 aliphatic rings. The third kappa shape index (κ3) is 10.8. The smallest absolute Gasteiger partial charge is 0.256 e. The molecule has 2 atom stereocenters. The number of amides is 3. The lowest BCUT2D eigenvalue weighted by atomic mass is 9.96. The van der Waals surface area contributed by atoms with Gasteiger partial charge in [-0.15, -0.1) is 0 Å². The number of hydrogen-bond acceptors (Lipinski definition) is 4. The fourth-order valence-corrected chi connectivity index (χ4v) is 4.88. The van der Waals surface area contributed by atoms with Crippen molar-refractivity contribution in [3.05, 3.63) is 143 Å². The molecule has 7 heteroatoms. The second-order valence-corrected chi connectivity index (χ2v) is 10.9. The zero-order valence-corrected chi connectivity index (χ0v) is 25.2. The van der Waals surface area contributed by atoms with Crippen LogP contribution in [0.2, 0.25) is 0 Å². The van der Waals surface area contributed by atoms with Crippen molar-refractivity contribution in [1.29, 1.82) is 0 Å². The first-order valence-corrected chi connectivity index (χ1v) is 15.1. The molecule has 4 aromatic rings. The van der Waals surface area contributed by atoms with Crippen LogP contribution in [0.5, 0.6) is 0 Å². The van der Waals surface area contributed by atoms with Gasteiger partial charge in [0.15, 0.2) is 0 Å². The van der Waals surface area contributed by atoms with Gasteiger partial charge in [-0.2, -0.15) is 0 Å². The molecule has 0 saturated carbocycles. The van der Waals surface area contributed by atoms with Crippen LogP contribution in [0.4, 0.5) is 0 Å². The van der Waals surface area contributed by atoms with Gasteiger partial charge in [0, 0.05) is 6.54 Å². The molecule has 0 heterocycles. The van der Waals surface area contributed by atoms with Gasteiger partial charge in [0.25, 0.3) is 5.91 Å². The molecular formula is C37H41N3O4. The third-order valence-corrected chi connectivity index (χ3v) is 7.48. The van der Waals surface area contributed by atoms with E-state index in [2.05, 4.69) is 16.1 Å². The molecular weight excluding hydrogens is 550 g/mol. The Labute approximate surface area is 260 Å². The Morgan fingerprint density at radius 2 is 1.11 bits per heavy atom. The molecule has 0 aromatic heterocycles. The number of nitrogens with one attached hydrogen (secondary N) is 3. The topological polar surface area (TPSA) is 96.5 Å². The zero-order valence-electron chi connectivity index (χ0n) is 25.2. The summed E-state index contributed by atoms with van der Waals surface area (Å²) in [6.07, 6.45) is 2.44. The molecule has 0 bridgehead atoms. The quantitative estimate of drug-likeness (QED) is 0.122. The zero-order chi connectivity index (χ0) is 31.0. The lowest BCUT2D eigenvalue weighted by molar-refractivity contribution is -0.146. The van der Waals surface area contributed by atoms with Crippen LogP contribution in [0.1, 0.15) is 40.7 Å². The number of carbonyl (C=O) groups excluding carboxylic acids is 3. The summed E-state index contributed by atoms with van der Waals surface area (Å²) in [5.41, 5.74) is 7.73. The molecule has 3 amide bonds. The Hall–Kier alpha value is -4.75. The molecule has 0 saturated heterocycles. The van der Waals surface area contributed by atoms with Crippen LogP contribution in [0.3, 0.4) is 0 Å². The summed E-state index contributed by atoms with van der Waals surface area (Å²) in [5, 5.41) is 5.89. The largest absolute Gasteiger partial charge is 0.354 e. The number of carbonyl (C=O) groups is 3. The first kappa shape index (κ1) is 32.2. The molecule has 7 nitrogen and oxygen atoms in total. The lowest BCUT2D eigenvalue weighted by Crippen LogP contribution is -2.51. The van der Waals surface area contributed by atoms with E-state index in [1.807, 2.05) is 122 Å². The summed E-state index contributed by atoms with van der Waals surface area (Å²) in [4.78, 5) is 45.8. The van der Waals surface area contributed by atoms with Crippen LogP contribution >= 0.6 is 0 Å². The second kappa shape index (κ2) is 17.4. The number of benzene rings is 4. The monoisotopic (exact) mass is 591 g/mol. The van der Waals surface area contributed by atoms with E-state index < -0.39 is 23.8 Å². The normalized spacial score (nSPS) is 12.1. The highest BCUT2D eigenvalue weighted by Gasteiger charge is 2.30. The van der Waals surface area contributed by atoms with Gasteiger partial charge in [0.05, 0.1) is 6.61 Å². The van der Waals surface area contributed by atoms with E-state index >= 15 is 0 Å². The molecule has 0 fully saturated rings. The minimum Gasteiger partial charge on any atom is -0.354 e. The maximum atomic E-state index is 13.7. The van der Waals surface area contributed by atoms with Crippen molar-refractivity contribution in [2.45, 2.75) is 51.7 Å². The van der Waals surface area contributed by atoms with Crippen molar-refractivity contribution in [2.24, 2.45) is 5.92 Å². The van der Waals surface area contributed by atoms with Crippen molar-refractivity contribution < 1.29 is 19.2 Å². The third-order valence-electron chi connectivity index (χ3n) is 7.48.